The number of rotatable bonds is 3. The van der Waals surface area contributed by atoms with Crippen molar-refractivity contribution in [3.05, 3.63) is 72.3 Å². The van der Waals surface area contributed by atoms with Crippen molar-refractivity contribution in [1.29, 1.82) is 0 Å². The fourth-order valence-corrected chi connectivity index (χ4v) is 3.27. The van der Waals surface area contributed by atoms with Crippen molar-refractivity contribution in [3.8, 4) is 5.75 Å². The number of para-hydroxylation sites is 1. The van der Waals surface area contributed by atoms with Crippen molar-refractivity contribution in [3.63, 3.8) is 0 Å². The van der Waals surface area contributed by atoms with Gasteiger partial charge in [-0.2, -0.15) is 5.10 Å². The fourth-order valence-electron chi connectivity index (χ4n) is 3.27. The average Bonchev–Trinajstić information content (AvgIpc) is 2.68. The van der Waals surface area contributed by atoms with Gasteiger partial charge in [-0.1, -0.05) is 48.5 Å². The Hall–Kier alpha value is -3.01. The molecule has 0 spiro atoms. The second-order valence-electron chi connectivity index (χ2n) is 6.24. The zero-order valence-electron chi connectivity index (χ0n) is 14.0. The van der Waals surface area contributed by atoms with Gasteiger partial charge in [0.25, 0.3) is 0 Å². The van der Waals surface area contributed by atoms with Crippen LogP contribution >= 0.6 is 0 Å². The Kier molecular flexibility index (Phi) is 4.25. The first-order chi connectivity index (χ1) is 12.3. The molecule has 3 aromatic rings. The number of phenolic OH excluding ortho intramolecular Hbond substituents is 1. The van der Waals surface area contributed by atoms with E-state index >= 15 is 0 Å². The molecular weight excluding hydrogens is 310 g/mol. The van der Waals surface area contributed by atoms with E-state index in [0.717, 1.165) is 42.5 Å². The molecule has 1 aliphatic heterocycles. The Morgan fingerprint density at radius 1 is 0.800 bits per heavy atom. The molecule has 0 atom stereocenters. The molecule has 4 nitrogen and oxygen atoms in total. The SMILES string of the molecule is Oc1ccc2ccccc2c1/C=N/N1CCN(c2ccccc2)CC1. The maximum atomic E-state index is 10.2. The van der Waals surface area contributed by atoms with E-state index in [-0.39, 0.29) is 5.75 Å². The van der Waals surface area contributed by atoms with E-state index in [1.54, 1.807) is 12.3 Å². The Labute approximate surface area is 147 Å². The van der Waals surface area contributed by atoms with Crippen LogP contribution in [-0.4, -0.2) is 42.5 Å². The third kappa shape index (κ3) is 3.29. The first kappa shape index (κ1) is 15.5. The van der Waals surface area contributed by atoms with E-state index in [2.05, 4.69) is 39.3 Å². The first-order valence-corrected chi connectivity index (χ1v) is 8.61. The molecule has 1 fully saturated rings. The molecule has 25 heavy (non-hydrogen) atoms. The summed E-state index contributed by atoms with van der Waals surface area (Å²) in [5, 5.41) is 19.0. The highest BCUT2D eigenvalue weighted by Crippen LogP contribution is 2.25. The van der Waals surface area contributed by atoms with E-state index in [4.69, 9.17) is 0 Å². The topological polar surface area (TPSA) is 39.1 Å². The quantitative estimate of drug-likeness (QED) is 0.744. The van der Waals surface area contributed by atoms with Gasteiger partial charge in [0.05, 0.1) is 19.3 Å². The summed E-state index contributed by atoms with van der Waals surface area (Å²) < 4.78 is 0. The number of piperazine rings is 1. The van der Waals surface area contributed by atoms with Gasteiger partial charge in [-0.3, -0.25) is 5.01 Å². The van der Waals surface area contributed by atoms with Crippen molar-refractivity contribution in [2.24, 2.45) is 5.10 Å². The van der Waals surface area contributed by atoms with Crippen LogP contribution in [0.15, 0.2) is 71.8 Å². The molecule has 1 heterocycles. The smallest absolute Gasteiger partial charge is 0.125 e. The molecule has 4 heteroatoms. The van der Waals surface area contributed by atoms with Gasteiger partial charge in [0.15, 0.2) is 0 Å². The van der Waals surface area contributed by atoms with Crippen molar-refractivity contribution in [2.45, 2.75) is 0 Å². The predicted octanol–water partition coefficient (Wildman–Crippen LogP) is 3.70. The molecule has 0 aromatic heterocycles. The number of aromatic hydroxyl groups is 1. The normalized spacial score (nSPS) is 15.2. The molecule has 0 unspecified atom stereocenters. The molecule has 3 aromatic carbocycles. The molecule has 0 amide bonds. The van der Waals surface area contributed by atoms with Crippen LogP contribution in [0.3, 0.4) is 0 Å². The van der Waals surface area contributed by atoms with Crippen LogP contribution < -0.4 is 4.90 Å². The van der Waals surface area contributed by atoms with Crippen molar-refractivity contribution >= 4 is 22.7 Å². The summed E-state index contributed by atoms with van der Waals surface area (Å²) in [7, 11) is 0. The molecule has 0 saturated carbocycles. The lowest BCUT2D eigenvalue weighted by molar-refractivity contribution is 0.272. The first-order valence-electron chi connectivity index (χ1n) is 8.61. The minimum atomic E-state index is 0.269. The average molecular weight is 331 g/mol. The van der Waals surface area contributed by atoms with Gasteiger partial charge in [0.2, 0.25) is 0 Å². The molecule has 4 rings (SSSR count). The summed E-state index contributed by atoms with van der Waals surface area (Å²) >= 11 is 0. The number of hydrogen-bond acceptors (Lipinski definition) is 4. The van der Waals surface area contributed by atoms with Gasteiger partial charge in [-0.25, -0.2) is 0 Å². The second kappa shape index (κ2) is 6.85. The lowest BCUT2D eigenvalue weighted by Crippen LogP contribution is -2.44. The highest BCUT2D eigenvalue weighted by molar-refractivity contribution is 6.02. The van der Waals surface area contributed by atoms with Gasteiger partial charge in [-0.15, -0.1) is 0 Å². The number of phenols is 1. The van der Waals surface area contributed by atoms with Crippen LogP contribution in [0, 0.1) is 0 Å². The number of nitrogens with zero attached hydrogens (tertiary/aromatic N) is 3. The third-order valence-electron chi connectivity index (χ3n) is 4.68. The minimum absolute atomic E-state index is 0.269. The second-order valence-corrected chi connectivity index (χ2v) is 6.24. The number of hydrazone groups is 1. The van der Waals surface area contributed by atoms with Crippen LogP contribution in [0.1, 0.15) is 5.56 Å². The number of anilines is 1. The molecular formula is C21H21N3O. The largest absolute Gasteiger partial charge is 0.507 e. The van der Waals surface area contributed by atoms with Crippen molar-refractivity contribution < 1.29 is 5.11 Å². The summed E-state index contributed by atoms with van der Waals surface area (Å²) in [5.74, 6) is 0.269. The molecule has 1 aliphatic rings. The monoisotopic (exact) mass is 331 g/mol. The van der Waals surface area contributed by atoms with Crippen LogP contribution in [0.25, 0.3) is 10.8 Å². The fraction of sp³-hybridized carbons (Fsp3) is 0.190. The van der Waals surface area contributed by atoms with Crippen LogP contribution in [0.2, 0.25) is 0 Å². The molecule has 126 valence electrons. The van der Waals surface area contributed by atoms with Gasteiger partial charge < -0.3 is 10.0 Å². The Balaban J connectivity index is 1.48. The summed E-state index contributed by atoms with van der Waals surface area (Å²) in [6.45, 7) is 3.64. The van der Waals surface area contributed by atoms with Gasteiger partial charge in [-0.05, 0) is 29.0 Å². The van der Waals surface area contributed by atoms with Crippen molar-refractivity contribution in [1.82, 2.24) is 5.01 Å². The number of hydrogen-bond donors (Lipinski definition) is 1. The van der Waals surface area contributed by atoms with Crippen LogP contribution in [0.5, 0.6) is 5.75 Å². The Bertz CT molecular complexity index is 884. The molecule has 1 saturated heterocycles. The highest BCUT2D eigenvalue weighted by Gasteiger charge is 2.15. The van der Waals surface area contributed by atoms with Gasteiger partial charge in [0, 0.05) is 24.3 Å². The lowest BCUT2D eigenvalue weighted by Gasteiger charge is -2.34. The summed E-state index contributed by atoms with van der Waals surface area (Å²) in [6, 6.07) is 22.2. The van der Waals surface area contributed by atoms with E-state index in [1.807, 2.05) is 36.4 Å². The van der Waals surface area contributed by atoms with Gasteiger partial charge in [0.1, 0.15) is 5.75 Å². The van der Waals surface area contributed by atoms with Crippen LogP contribution in [0.4, 0.5) is 5.69 Å². The maximum absolute atomic E-state index is 10.2. The molecule has 1 N–H and O–H groups in total. The zero-order chi connectivity index (χ0) is 17.1. The summed E-state index contributed by atoms with van der Waals surface area (Å²) in [5.41, 5.74) is 2.04. The van der Waals surface area contributed by atoms with E-state index in [1.165, 1.54) is 5.69 Å². The Morgan fingerprint density at radius 2 is 1.52 bits per heavy atom. The molecule has 0 bridgehead atoms. The summed E-state index contributed by atoms with van der Waals surface area (Å²) in [4.78, 5) is 2.38. The highest BCUT2D eigenvalue weighted by atomic mass is 16.3. The zero-order valence-corrected chi connectivity index (χ0v) is 14.0. The van der Waals surface area contributed by atoms with Crippen molar-refractivity contribution in [2.75, 3.05) is 31.1 Å². The van der Waals surface area contributed by atoms with E-state index in [9.17, 15) is 5.11 Å². The third-order valence-corrected chi connectivity index (χ3v) is 4.68. The summed E-state index contributed by atoms with van der Waals surface area (Å²) in [6.07, 6.45) is 1.79. The molecule has 0 aliphatic carbocycles. The predicted molar refractivity (Wildman–Crippen MR) is 103 cm³/mol. The van der Waals surface area contributed by atoms with Gasteiger partial charge >= 0.3 is 0 Å². The number of benzene rings is 3. The Morgan fingerprint density at radius 3 is 2.32 bits per heavy atom. The minimum Gasteiger partial charge on any atom is -0.507 e. The van der Waals surface area contributed by atoms with E-state index < -0.39 is 0 Å². The lowest BCUT2D eigenvalue weighted by atomic mass is 10.0. The molecule has 0 radical (unpaired) electrons. The van der Waals surface area contributed by atoms with Crippen LogP contribution in [-0.2, 0) is 0 Å². The maximum Gasteiger partial charge on any atom is 0.125 e. The van der Waals surface area contributed by atoms with E-state index in [0.29, 0.717) is 0 Å². The standard InChI is InChI=1S/C21H21N3O/c25-21-11-10-17-6-4-5-9-19(17)20(21)16-22-24-14-12-23(13-15-24)18-7-2-1-3-8-18/h1-11,16,25H,12-15H2/b22-16+. The number of fused-ring (bicyclic) bond motifs is 1.